The quantitative estimate of drug-likeness (QED) is 0.130. The van der Waals surface area contributed by atoms with Crippen molar-refractivity contribution in [3.8, 4) is 58.1 Å². The van der Waals surface area contributed by atoms with E-state index in [0.29, 0.717) is 51.3 Å². The Hall–Kier alpha value is -9.56. The Morgan fingerprint density at radius 2 is 0.783 bits per heavy atom. The van der Waals surface area contributed by atoms with Gasteiger partial charge in [0.25, 0.3) is 20.1 Å². The molecule has 15 rings (SSSR count). The number of para-hydroxylation sites is 4. The lowest BCUT2D eigenvalue weighted by molar-refractivity contribution is 0.464. The molecule has 0 fully saturated rings. The van der Waals surface area contributed by atoms with Gasteiger partial charge in [-0.1, -0.05) is 84.9 Å². The summed E-state index contributed by atoms with van der Waals surface area (Å²) < 4.78 is 27.0. The zero-order valence-electron chi connectivity index (χ0n) is 36.3. The predicted octanol–water partition coefficient (Wildman–Crippen LogP) is 7.52. The molecule has 6 aliphatic rings. The van der Waals surface area contributed by atoms with Crippen LogP contribution in [0, 0.1) is 29.2 Å². The van der Waals surface area contributed by atoms with Crippen LogP contribution in [0.2, 0.25) is 0 Å². The third kappa shape index (κ3) is 5.13. The largest absolute Gasteiger partial charge is 0.460 e. The van der Waals surface area contributed by atoms with Crippen LogP contribution in [-0.4, -0.2) is 20.1 Å². The first-order valence-electron chi connectivity index (χ1n) is 22.7. The van der Waals surface area contributed by atoms with Gasteiger partial charge in [-0.05, 0) is 111 Å². The van der Waals surface area contributed by atoms with E-state index in [4.69, 9.17) is 25.5 Å². The van der Waals surface area contributed by atoms with Crippen molar-refractivity contribution in [2.45, 2.75) is 0 Å². The van der Waals surface area contributed by atoms with E-state index in [0.717, 1.165) is 94.8 Å². The van der Waals surface area contributed by atoms with Crippen molar-refractivity contribution in [2.75, 3.05) is 9.80 Å². The maximum absolute atomic E-state index is 10.9. The number of nitrogens with zero attached hydrogens (tertiary/aromatic N) is 5. The van der Waals surface area contributed by atoms with Crippen molar-refractivity contribution in [3.63, 3.8) is 0 Å². The molecule has 0 aliphatic carbocycles. The summed E-state index contributed by atoms with van der Waals surface area (Å²) in [5.41, 5.74) is 15.7. The summed E-state index contributed by atoms with van der Waals surface area (Å²) in [5, 5.41) is 21.0. The molecule has 69 heavy (non-hydrogen) atoms. The molecule has 12 heteroatoms. The van der Waals surface area contributed by atoms with E-state index in [1.807, 2.05) is 109 Å². The minimum atomic E-state index is -0.347. The highest BCUT2D eigenvalue weighted by atomic mass is 16.5. The van der Waals surface area contributed by atoms with Crippen molar-refractivity contribution in [1.29, 1.82) is 10.5 Å². The topological polar surface area (TPSA) is 95.3 Å². The molecular weight excluding hydrogens is 851 g/mol. The first-order chi connectivity index (χ1) is 34.0. The van der Waals surface area contributed by atoms with Gasteiger partial charge in [-0.2, -0.15) is 10.5 Å². The summed E-state index contributed by atoms with van der Waals surface area (Å²) in [6.07, 6.45) is 0. The van der Waals surface area contributed by atoms with E-state index < -0.39 is 0 Å². The molecular formula is C57H28B3N5O4. The van der Waals surface area contributed by atoms with E-state index in [2.05, 4.69) is 87.4 Å². The van der Waals surface area contributed by atoms with E-state index in [9.17, 15) is 10.5 Å². The van der Waals surface area contributed by atoms with Gasteiger partial charge in [-0.15, -0.1) is 0 Å². The SMILES string of the molecule is [C-]#[N+]c1cc2c3c(c1)Oc1cc4c(cc1B3c1ccccc1O2)B1c2cc3c(cc2N(c2ccccc2)c2cc(C#N)cc(c21)N4c1ccccc1)Oc1cc(C#N)cc2c1B3c1ccccc1O2. The molecule has 0 unspecified atom stereocenters. The molecule has 0 atom stereocenters. The summed E-state index contributed by atoms with van der Waals surface area (Å²) in [4.78, 5) is 8.34. The Bertz CT molecular complexity index is 3710. The first-order valence-corrected chi connectivity index (χ1v) is 22.7. The standard InChI is InChI=1S/C57H28B3N5O4/c1-63-34-24-53-57-54(25-34)69-50-29-44-40(27-42(50)59(57)38-17-9-11-19-48(38)67-53)60-39-26-41-49(68-52-23-33(31-62)22-51-56(52)58(41)37-16-8-10-18-47(37)66-51)28-43(39)64(35-12-4-2-5-13-35)45-20-32(30-61)21-46(55(45)60)65(44)36-14-6-3-7-15-36/h2-29H. The second kappa shape index (κ2) is 13.7. The number of benzene rings is 9. The fraction of sp³-hybridized carbons (Fsp3) is 0. The summed E-state index contributed by atoms with van der Waals surface area (Å²) >= 11 is 0. The fourth-order valence-electron chi connectivity index (χ4n) is 11.8. The number of anilines is 6. The number of nitriles is 2. The molecule has 0 amide bonds. The molecule has 0 saturated carbocycles. The number of hydrogen-bond acceptors (Lipinski definition) is 8. The molecule has 0 bridgehead atoms. The Morgan fingerprint density at radius 1 is 0.377 bits per heavy atom. The maximum Gasteiger partial charge on any atom is 0.260 e. The number of hydrogen-bond donors (Lipinski definition) is 0. The number of fused-ring (bicyclic) bond motifs is 12. The van der Waals surface area contributed by atoms with E-state index >= 15 is 0 Å². The maximum atomic E-state index is 10.9. The van der Waals surface area contributed by atoms with Gasteiger partial charge in [-0.25, -0.2) is 4.85 Å². The average Bonchev–Trinajstić information content (AvgIpc) is 3.39. The molecule has 0 aromatic heterocycles. The monoisotopic (exact) mass is 879 g/mol. The highest BCUT2D eigenvalue weighted by Crippen LogP contribution is 2.48. The Kier molecular flexibility index (Phi) is 7.50. The molecule has 0 radical (unpaired) electrons. The molecule has 9 aromatic carbocycles. The van der Waals surface area contributed by atoms with Gasteiger partial charge >= 0.3 is 0 Å². The van der Waals surface area contributed by atoms with Crippen molar-refractivity contribution < 1.29 is 18.9 Å². The highest BCUT2D eigenvalue weighted by molar-refractivity contribution is 7.03. The van der Waals surface area contributed by atoms with E-state index in [1.54, 1.807) is 0 Å². The summed E-state index contributed by atoms with van der Waals surface area (Å²) in [7, 11) is 0. The van der Waals surface area contributed by atoms with Gasteiger partial charge in [-0.3, -0.25) is 0 Å². The summed E-state index contributed by atoms with van der Waals surface area (Å²) in [6.45, 7) is 7.11. The van der Waals surface area contributed by atoms with E-state index in [-0.39, 0.29) is 20.1 Å². The molecule has 0 N–H and O–H groups in total. The van der Waals surface area contributed by atoms with Crippen LogP contribution in [0.1, 0.15) is 11.1 Å². The predicted molar refractivity (Wildman–Crippen MR) is 272 cm³/mol. The van der Waals surface area contributed by atoms with E-state index in [1.165, 1.54) is 0 Å². The molecule has 6 aliphatic heterocycles. The van der Waals surface area contributed by atoms with Gasteiger partial charge < -0.3 is 28.7 Å². The average molecular weight is 879 g/mol. The number of rotatable bonds is 2. The molecule has 314 valence electrons. The van der Waals surface area contributed by atoms with Crippen LogP contribution in [-0.2, 0) is 0 Å². The van der Waals surface area contributed by atoms with Crippen LogP contribution >= 0.6 is 0 Å². The Balaban J connectivity index is 1.05. The van der Waals surface area contributed by atoms with Crippen LogP contribution in [0.5, 0.6) is 46.0 Å². The van der Waals surface area contributed by atoms with Crippen LogP contribution < -0.4 is 77.9 Å². The lowest BCUT2D eigenvalue weighted by atomic mass is 9.29. The Labute approximate surface area is 397 Å². The van der Waals surface area contributed by atoms with Crippen LogP contribution in [0.3, 0.4) is 0 Å². The van der Waals surface area contributed by atoms with Gasteiger partial charge in [0.15, 0.2) is 5.69 Å². The summed E-state index contributed by atoms with van der Waals surface area (Å²) in [5.74, 6) is 5.21. The molecule has 0 saturated heterocycles. The smallest absolute Gasteiger partial charge is 0.260 e. The van der Waals surface area contributed by atoms with Crippen LogP contribution in [0.4, 0.5) is 39.8 Å². The van der Waals surface area contributed by atoms with Gasteiger partial charge in [0.1, 0.15) is 46.0 Å². The van der Waals surface area contributed by atoms with Crippen molar-refractivity contribution in [2.24, 2.45) is 0 Å². The lowest BCUT2D eigenvalue weighted by Crippen LogP contribution is -2.65. The second-order valence-corrected chi connectivity index (χ2v) is 18.0. The highest BCUT2D eigenvalue weighted by Gasteiger charge is 2.49. The van der Waals surface area contributed by atoms with Crippen LogP contribution in [0.15, 0.2) is 170 Å². The molecule has 9 aromatic rings. The Morgan fingerprint density at radius 3 is 1.25 bits per heavy atom. The van der Waals surface area contributed by atoms with Crippen molar-refractivity contribution in [1.82, 2.24) is 0 Å². The van der Waals surface area contributed by atoms with Gasteiger partial charge in [0, 0.05) is 57.2 Å². The van der Waals surface area contributed by atoms with Crippen molar-refractivity contribution in [3.05, 3.63) is 192 Å². The minimum Gasteiger partial charge on any atom is -0.460 e. The fourth-order valence-corrected chi connectivity index (χ4v) is 11.8. The normalized spacial score (nSPS) is 13.8. The minimum absolute atomic E-state index is 0.256. The molecule has 9 nitrogen and oxygen atoms in total. The lowest BCUT2D eigenvalue weighted by Gasteiger charge is -2.45. The van der Waals surface area contributed by atoms with Gasteiger partial charge in [0.2, 0.25) is 0 Å². The van der Waals surface area contributed by atoms with Crippen LogP contribution in [0.25, 0.3) is 4.85 Å². The molecule has 0 spiro atoms. The van der Waals surface area contributed by atoms with Gasteiger partial charge in [0.05, 0.1) is 29.8 Å². The zero-order chi connectivity index (χ0) is 45.6. The third-order valence-electron chi connectivity index (χ3n) is 14.5. The summed E-state index contributed by atoms with van der Waals surface area (Å²) in [6, 6.07) is 61.9. The zero-order valence-corrected chi connectivity index (χ0v) is 36.3. The molecule has 6 heterocycles. The number of ether oxygens (including phenoxy) is 4. The first kappa shape index (κ1) is 37.6. The third-order valence-corrected chi connectivity index (χ3v) is 14.5. The second-order valence-electron chi connectivity index (χ2n) is 18.0. The van der Waals surface area contributed by atoms with Crippen molar-refractivity contribution >= 4 is 109 Å².